The van der Waals surface area contributed by atoms with Gasteiger partial charge in [-0.05, 0) is 12.8 Å². The Balaban J connectivity index is 2.75. The average molecular weight is 286 g/mol. The lowest BCUT2D eigenvalue weighted by atomic mass is 10.3. The van der Waals surface area contributed by atoms with E-state index >= 15 is 0 Å². The van der Waals surface area contributed by atoms with Crippen molar-refractivity contribution >= 4 is 23.2 Å². The Hall–Kier alpha value is -1.47. The van der Waals surface area contributed by atoms with Gasteiger partial charge in [-0.1, -0.05) is 6.92 Å². The second-order valence-corrected chi connectivity index (χ2v) is 5.10. The number of aromatic nitrogens is 1. The Labute approximate surface area is 116 Å². The smallest absolute Gasteiger partial charge is 0.323 e. The van der Waals surface area contributed by atoms with E-state index in [1.54, 1.807) is 0 Å². The number of nitrogens with zero attached hydrogens (tertiary/aromatic N) is 2. The Morgan fingerprint density at radius 3 is 2.84 bits per heavy atom. The number of aryl methyl sites for hydroxylation is 1. The van der Waals surface area contributed by atoms with E-state index in [0.717, 1.165) is 17.8 Å². The molecule has 0 unspecified atom stereocenters. The van der Waals surface area contributed by atoms with E-state index in [1.165, 1.54) is 29.5 Å². The maximum absolute atomic E-state index is 12.2. The highest BCUT2D eigenvalue weighted by molar-refractivity contribution is 7.13. The zero-order chi connectivity index (χ0) is 14.3. The van der Waals surface area contributed by atoms with Crippen LogP contribution in [-0.2, 0) is 16.0 Å². The first-order valence-corrected chi connectivity index (χ1v) is 6.84. The van der Waals surface area contributed by atoms with E-state index in [0.29, 0.717) is 11.5 Å². The number of ether oxygens (including phenoxy) is 1. The number of hydrogen-bond acceptors (Lipinski definition) is 5. The van der Waals surface area contributed by atoms with Gasteiger partial charge in [-0.3, -0.25) is 9.59 Å². The van der Waals surface area contributed by atoms with Crippen molar-refractivity contribution in [2.45, 2.75) is 19.8 Å². The van der Waals surface area contributed by atoms with Gasteiger partial charge in [-0.2, -0.15) is 0 Å². The van der Waals surface area contributed by atoms with E-state index in [2.05, 4.69) is 4.98 Å². The number of rotatable bonds is 8. The highest BCUT2D eigenvalue weighted by atomic mass is 32.1. The van der Waals surface area contributed by atoms with Crippen molar-refractivity contribution < 1.29 is 19.4 Å². The number of aliphatic carboxylic acids is 1. The molecule has 0 radical (unpaired) electrons. The molecule has 1 aromatic heterocycles. The molecule has 0 bridgehead atoms. The SMILES string of the molecule is CCCc1ncc(C(=O)N(CCOC)CC(=O)O)s1. The fourth-order valence-corrected chi connectivity index (χ4v) is 2.50. The normalized spacial score (nSPS) is 10.4. The van der Waals surface area contributed by atoms with Crippen molar-refractivity contribution in [1.82, 2.24) is 9.88 Å². The number of carboxylic acids is 1. The monoisotopic (exact) mass is 286 g/mol. The second kappa shape index (κ2) is 7.85. The van der Waals surface area contributed by atoms with Gasteiger partial charge in [0.05, 0.1) is 17.8 Å². The summed E-state index contributed by atoms with van der Waals surface area (Å²) in [6.07, 6.45) is 3.30. The molecule has 1 heterocycles. The number of carbonyl (C=O) groups is 2. The summed E-state index contributed by atoms with van der Waals surface area (Å²) < 4.78 is 4.88. The molecule has 0 aromatic carbocycles. The third kappa shape index (κ3) is 4.96. The summed E-state index contributed by atoms with van der Waals surface area (Å²) in [4.78, 5) is 28.8. The minimum Gasteiger partial charge on any atom is -0.480 e. The summed E-state index contributed by atoms with van der Waals surface area (Å²) in [5.74, 6) is -1.35. The molecule has 7 heteroatoms. The van der Waals surface area contributed by atoms with Gasteiger partial charge < -0.3 is 14.7 Å². The van der Waals surface area contributed by atoms with Crippen molar-refractivity contribution in [3.05, 3.63) is 16.1 Å². The van der Waals surface area contributed by atoms with Gasteiger partial charge >= 0.3 is 5.97 Å². The first-order valence-electron chi connectivity index (χ1n) is 6.03. The van der Waals surface area contributed by atoms with Gasteiger partial charge in [0.1, 0.15) is 11.4 Å². The van der Waals surface area contributed by atoms with Crippen molar-refractivity contribution in [1.29, 1.82) is 0 Å². The highest BCUT2D eigenvalue weighted by Crippen LogP contribution is 2.16. The molecule has 0 aliphatic carbocycles. The van der Waals surface area contributed by atoms with Crippen LogP contribution in [0.25, 0.3) is 0 Å². The van der Waals surface area contributed by atoms with Crippen LogP contribution < -0.4 is 0 Å². The van der Waals surface area contributed by atoms with Gasteiger partial charge in [-0.15, -0.1) is 11.3 Å². The molecule has 1 N–H and O–H groups in total. The standard InChI is InChI=1S/C12H18N2O4S/c1-3-4-10-13-7-9(19-10)12(17)14(5-6-18-2)8-11(15)16/h7H,3-6,8H2,1-2H3,(H,15,16). The van der Waals surface area contributed by atoms with Gasteiger partial charge in [0, 0.05) is 13.7 Å². The second-order valence-electron chi connectivity index (χ2n) is 3.98. The molecule has 0 aliphatic rings. The van der Waals surface area contributed by atoms with Crippen molar-refractivity contribution in [2.75, 3.05) is 26.8 Å². The molecule has 0 saturated carbocycles. The molecule has 0 atom stereocenters. The van der Waals surface area contributed by atoms with E-state index in [1.807, 2.05) is 6.92 Å². The minimum absolute atomic E-state index is 0.253. The molecular formula is C12H18N2O4S. The van der Waals surface area contributed by atoms with Gasteiger partial charge in [0.25, 0.3) is 5.91 Å². The van der Waals surface area contributed by atoms with E-state index in [4.69, 9.17) is 9.84 Å². The highest BCUT2D eigenvalue weighted by Gasteiger charge is 2.20. The topological polar surface area (TPSA) is 79.7 Å². The van der Waals surface area contributed by atoms with E-state index in [9.17, 15) is 9.59 Å². The molecule has 6 nitrogen and oxygen atoms in total. The van der Waals surface area contributed by atoms with Crippen LogP contribution in [0, 0.1) is 0 Å². The fourth-order valence-electron chi connectivity index (χ4n) is 1.51. The third-order valence-electron chi connectivity index (χ3n) is 2.41. The molecule has 1 rings (SSSR count). The first-order chi connectivity index (χ1) is 9.08. The zero-order valence-corrected chi connectivity index (χ0v) is 11.9. The zero-order valence-electron chi connectivity index (χ0n) is 11.1. The number of thiazole rings is 1. The Morgan fingerprint density at radius 2 is 2.26 bits per heavy atom. The predicted octanol–water partition coefficient (Wildman–Crippen LogP) is 1.27. The molecule has 19 heavy (non-hydrogen) atoms. The van der Waals surface area contributed by atoms with E-state index < -0.39 is 5.97 Å². The van der Waals surface area contributed by atoms with Crippen LogP contribution in [0.2, 0.25) is 0 Å². The molecule has 0 fully saturated rings. The maximum atomic E-state index is 12.2. The largest absolute Gasteiger partial charge is 0.480 e. The lowest BCUT2D eigenvalue weighted by molar-refractivity contribution is -0.137. The minimum atomic E-state index is -1.04. The molecule has 1 aromatic rings. The summed E-state index contributed by atoms with van der Waals surface area (Å²) in [5.41, 5.74) is 0. The molecule has 106 valence electrons. The van der Waals surface area contributed by atoms with Crippen molar-refractivity contribution in [2.24, 2.45) is 0 Å². The molecule has 0 spiro atoms. The maximum Gasteiger partial charge on any atom is 0.323 e. The number of methoxy groups -OCH3 is 1. The van der Waals surface area contributed by atoms with Crippen LogP contribution in [0.1, 0.15) is 28.0 Å². The Bertz CT molecular complexity index is 433. The molecule has 1 amide bonds. The van der Waals surface area contributed by atoms with Crippen LogP contribution in [0.3, 0.4) is 0 Å². The number of carbonyl (C=O) groups excluding carboxylic acids is 1. The van der Waals surface area contributed by atoms with Gasteiger partial charge in [0.15, 0.2) is 0 Å². The average Bonchev–Trinajstić information content (AvgIpc) is 2.82. The van der Waals surface area contributed by atoms with Crippen molar-refractivity contribution in [3.8, 4) is 0 Å². The summed E-state index contributed by atoms with van der Waals surface area (Å²) in [6.45, 7) is 2.27. The lowest BCUT2D eigenvalue weighted by Gasteiger charge is -2.19. The third-order valence-corrected chi connectivity index (χ3v) is 3.45. The van der Waals surface area contributed by atoms with Crippen molar-refractivity contribution in [3.63, 3.8) is 0 Å². The van der Waals surface area contributed by atoms with Crippen LogP contribution in [0.4, 0.5) is 0 Å². The quantitative estimate of drug-likeness (QED) is 0.778. The lowest BCUT2D eigenvalue weighted by Crippen LogP contribution is -2.37. The van der Waals surface area contributed by atoms with Gasteiger partial charge in [-0.25, -0.2) is 4.98 Å². The summed E-state index contributed by atoms with van der Waals surface area (Å²) in [5, 5.41) is 9.72. The van der Waals surface area contributed by atoms with Crippen LogP contribution in [-0.4, -0.2) is 53.7 Å². The van der Waals surface area contributed by atoms with Crippen LogP contribution in [0.5, 0.6) is 0 Å². The number of carboxylic acid groups (broad SMARTS) is 1. The first kappa shape index (κ1) is 15.6. The molecule has 0 aliphatic heterocycles. The number of amides is 1. The molecular weight excluding hydrogens is 268 g/mol. The fraction of sp³-hybridized carbons (Fsp3) is 0.583. The predicted molar refractivity (Wildman–Crippen MR) is 71.5 cm³/mol. The van der Waals surface area contributed by atoms with Crippen LogP contribution in [0.15, 0.2) is 6.20 Å². The summed E-state index contributed by atoms with van der Waals surface area (Å²) >= 11 is 1.32. The Morgan fingerprint density at radius 1 is 1.53 bits per heavy atom. The number of hydrogen-bond donors (Lipinski definition) is 1. The summed E-state index contributed by atoms with van der Waals surface area (Å²) in [6, 6.07) is 0. The van der Waals surface area contributed by atoms with Gasteiger partial charge in [0.2, 0.25) is 0 Å². The van der Waals surface area contributed by atoms with Crippen LogP contribution >= 0.6 is 11.3 Å². The molecule has 0 saturated heterocycles. The Kier molecular flexibility index (Phi) is 6.44. The van der Waals surface area contributed by atoms with E-state index in [-0.39, 0.29) is 19.0 Å². The summed E-state index contributed by atoms with van der Waals surface area (Å²) in [7, 11) is 1.51.